The lowest BCUT2D eigenvalue weighted by molar-refractivity contribution is -0.131. The number of imide groups is 1. The topological polar surface area (TPSA) is 95.7 Å². The van der Waals surface area contributed by atoms with E-state index in [1.807, 2.05) is 6.07 Å². The smallest absolute Gasteiger partial charge is 0.290 e. The highest BCUT2D eigenvalue weighted by molar-refractivity contribution is 8.18. The number of carbonyl (C=O) groups excluding carboxylic acids is 3. The van der Waals surface area contributed by atoms with Crippen LogP contribution in [0.1, 0.15) is 12.0 Å². The second kappa shape index (κ2) is 8.11. The van der Waals surface area contributed by atoms with Crippen LogP contribution >= 0.6 is 23.4 Å². The molecule has 3 rings (SSSR count). The van der Waals surface area contributed by atoms with Crippen LogP contribution in [0.4, 0.5) is 10.5 Å². The van der Waals surface area contributed by atoms with Gasteiger partial charge >= 0.3 is 0 Å². The molecule has 7 nitrogen and oxygen atoms in total. The SMILES string of the molecule is NCCC(=O)N1CCN(c2c(Cl)cccc2C=C2SC(=O)NC2=O)CC1. The van der Waals surface area contributed by atoms with Crippen molar-refractivity contribution in [1.29, 1.82) is 0 Å². The highest BCUT2D eigenvalue weighted by atomic mass is 35.5. The molecule has 3 N–H and O–H groups in total. The van der Waals surface area contributed by atoms with Gasteiger partial charge < -0.3 is 15.5 Å². The molecule has 0 saturated carbocycles. The summed E-state index contributed by atoms with van der Waals surface area (Å²) in [6, 6.07) is 5.45. The van der Waals surface area contributed by atoms with Gasteiger partial charge in [-0.3, -0.25) is 19.7 Å². The summed E-state index contributed by atoms with van der Waals surface area (Å²) in [5.41, 5.74) is 7.03. The van der Waals surface area contributed by atoms with E-state index in [1.165, 1.54) is 0 Å². The number of amides is 3. The van der Waals surface area contributed by atoms with Gasteiger partial charge in [0, 0.05) is 44.7 Å². The Kier molecular flexibility index (Phi) is 5.85. The molecule has 2 aliphatic heterocycles. The molecule has 2 fully saturated rings. The van der Waals surface area contributed by atoms with Gasteiger partial charge in [-0.05, 0) is 23.9 Å². The average Bonchev–Trinajstić information content (AvgIpc) is 2.93. The summed E-state index contributed by atoms with van der Waals surface area (Å²) in [6.45, 7) is 2.80. The minimum absolute atomic E-state index is 0.0613. The van der Waals surface area contributed by atoms with Crippen LogP contribution in [0.15, 0.2) is 23.1 Å². The van der Waals surface area contributed by atoms with Crippen molar-refractivity contribution in [3.05, 3.63) is 33.7 Å². The quantitative estimate of drug-likeness (QED) is 0.754. The number of halogens is 1. The van der Waals surface area contributed by atoms with Gasteiger partial charge in [-0.25, -0.2) is 0 Å². The highest BCUT2D eigenvalue weighted by Crippen LogP contribution is 2.34. The van der Waals surface area contributed by atoms with Gasteiger partial charge in [-0.2, -0.15) is 0 Å². The standard InChI is InChI=1S/C17H19ClN4O3S/c18-12-3-1-2-11(10-13-16(24)20-17(25)26-13)15(12)22-8-6-21(7-9-22)14(23)4-5-19/h1-3,10H,4-9,19H2,(H,20,24,25). The Morgan fingerprint density at radius 1 is 1.27 bits per heavy atom. The van der Waals surface area contributed by atoms with Gasteiger partial charge in [0.25, 0.3) is 11.1 Å². The van der Waals surface area contributed by atoms with Crippen LogP contribution in [-0.2, 0) is 9.59 Å². The molecule has 0 aromatic heterocycles. The summed E-state index contributed by atoms with van der Waals surface area (Å²) >= 11 is 7.29. The van der Waals surface area contributed by atoms with Gasteiger partial charge in [-0.1, -0.05) is 23.7 Å². The van der Waals surface area contributed by atoms with Crippen molar-refractivity contribution in [2.75, 3.05) is 37.6 Å². The molecular formula is C17H19ClN4O3S. The summed E-state index contributed by atoms with van der Waals surface area (Å²) in [7, 11) is 0. The monoisotopic (exact) mass is 394 g/mol. The number of nitrogens with two attached hydrogens (primary N) is 1. The van der Waals surface area contributed by atoms with Crippen molar-refractivity contribution >= 4 is 52.2 Å². The molecule has 138 valence electrons. The molecule has 0 atom stereocenters. The van der Waals surface area contributed by atoms with Crippen LogP contribution in [-0.4, -0.2) is 54.7 Å². The van der Waals surface area contributed by atoms with Crippen molar-refractivity contribution in [1.82, 2.24) is 10.2 Å². The van der Waals surface area contributed by atoms with E-state index in [1.54, 1.807) is 23.1 Å². The molecule has 1 aromatic rings. The number of para-hydroxylation sites is 1. The Bertz CT molecular complexity index is 775. The zero-order valence-electron chi connectivity index (χ0n) is 14.0. The summed E-state index contributed by atoms with van der Waals surface area (Å²) in [4.78, 5) is 39.4. The van der Waals surface area contributed by atoms with E-state index in [0.29, 0.717) is 49.1 Å². The van der Waals surface area contributed by atoms with Crippen molar-refractivity contribution in [2.45, 2.75) is 6.42 Å². The van der Waals surface area contributed by atoms with E-state index in [9.17, 15) is 14.4 Å². The van der Waals surface area contributed by atoms with E-state index >= 15 is 0 Å². The Morgan fingerprint density at radius 2 is 2.00 bits per heavy atom. The largest absolute Gasteiger partial charge is 0.366 e. The molecule has 0 radical (unpaired) electrons. The van der Waals surface area contributed by atoms with E-state index in [-0.39, 0.29) is 11.1 Å². The Hall–Kier alpha value is -2.03. The average molecular weight is 395 g/mol. The number of anilines is 1. The minimum Gasteiger partial charge on any atom is -0.366 e. The van der Waals surface area contributed by atoms with Crippen LogP contribution in [0.25, 0.3) is 6.08 Å². The molecule has 26 heavy (non-hydrogen) atoms. The predicted octanol–water partition coefficient (Wildman–Crippen LogP) is 1.66. The van der Waals surface area contributed by atoms with Crippen LogP contribution in [0, 0.1) is 0 Å². The molecule has 2 aliphatic rings. The van der Waals surface area contributed by atoms with Crippen LogP contribution < -0.4 is 16.0 Å². The molecular weight excluding hydrogens is 376 g/mol. The lowest BCUT2D eigenvalue weighted by atomic mass is 10.1. The Labute approximate surface area is 160 Å². The zero-order valence-corrected chi connectivity index (χ0v) is 15.6. The van der Waals surface area contributed by atoms with Gasteiger partial charge in [-0.15, -0.1) is 0 Å². The number of carbonyl (C=O) groups is 3. The van der Waals surface area contributed by atoms with Gasteiger partial charge in [0.1, 0.15) is 0 Å². The van der Waals surface area contributed by atoms with Gasteiger partial charge in [0.2, 0.25) is 5.91 Å². The normalized spacial score (nSPS) is 19.2. The molecule has 0 bridgehead atoms. The second-order valence-corrected chi connectivity index (χ2v) is 7.36. The number of nitrogens with zero attached hydrogens (tertiary/aromatic N) is 2. The third-order valence-electron chi connectivity index (χ3n) is 4.25. The molecule has 0 aliphatic carbocycles. The fraction of sp³-hybridized carbons (Fsp3) is 0.353. The first-order chi connectivity index (χ1) is 12.5. The predicted molar refractivity (Wildman–Crippen MR) is 103 cm³/mol. The van der Waals surface area contributed by atoms with Gasteiger partial charge in [0.15, 0.2) is 0 Å². The number of piperazine rings is 1. The number of hydrogen-bond donors (Lipinski definition) is 2. The summed E-state index contributed by atoms with van der Waals surface area (Å²) in [5, 5.41) is 2.43. The van der Waals surface area contributed by atoms with Crippen molar-refractivity contribution < 1.29 is 14.4 Å². The molecule has 2 heterocycles. The molecule has 0 unspecified atom stereocenters. The fourth-order valence-electron chi connectivity index (χ4n) is 3.01. The van der Waals surface area contributed by atoms with E-state index < -0.39 is 5.91 Å². The van der Waals surface area contributed by atoms with Crippen molar-refractivity contribution in [3.8, 4) is 0 Å². The molecule has 1 aromatic carbocycles. The maximum atomic E-state index is 12.0. The van der Waals surface area contributed by atoms with Crippen LogP contribution in [0.2, 0.25) is 5.02 Å². The maximum Gasteiger partial charge on any atom is 0.290 e. The second-order valence-electron chi connectivity index (χ2n) is 5.94. The zero-order chi connectivity index (χ0) is 18.7. The molecule has 2 saturated heterocycles. The Morgan fingerprint density at radius 3 is 2.62 bits per heavy atom. The molecule has 9 heteroatoms. The first kappa shape index (κ1) is 18.8. The first-order valence-electron chi connectivity index (χ1n) is 8.25. The maximum absolute atomic E-state index is 12.0. The molecule has 3 amide bonds. The number of thioether (sulfide) groups is 1. The van der Waals surface area contributed by atoms with Crippen LogP contribution in [0.3, 0.4) is 0 Å². The first-order valence-corrected chi connectivity index (χ1v) is 9.45. The Balaban J connectivity index is 1.81. The van der Waals surface area contributed by atoms with E-state index in [4.69, 9.17) is 17.3 Å². The minimum atomic E-state index is -0.400. The lowest BCUT2D eigenvalue weighted by Crippen LogP contribution is -2.49. The number of hydrogen-bond acceptors (Lipinski definition) is 6. The van der Waals surface area contributed by atoms with Crippen molar-refractivity contribution in [2.24, 2.45) is 5.73 Å². The molecule has 0 spiro atoms. The number of rotatable bonds is 4. The summed E-state index contributed by atoms with van der Waals surface area (Å²) < 4.78 is 0. The number of nitrogens with one attached hydrogen (secondary N) is 1. The third-order valence-corrected chi connectivity index (χ3v) is 5.37. The van der Waals surface area contributed by atoms with Crippen molar-refractivity contribution in [3.63, 3.8) is 0 Å². The van der Waals surface area contributed by atoms with E-state index in [0.717, 1.165) is 23.0 Å². The number of benzene rings is 1. The van der Waals surface area contributed by atoms with E-state index in [2.05, 4.69) is 10.2 Å². The fourth-order valence-corrected chi connectivity index (χ4v) is 3.98. The van der Waals surface area contributed by atoms with Gasteiger partial charge in [0.05, 0.1) is 15.6 Å². The summed E-state index contributed by atoms with van der Waals surface area (Å²) in [5.74, 6) is -0.339. The third kappa shape index (κ3) is 4.03. The lowest BCUT2D eigenvalue weighted by Gasteiger charge is -2.37. The van der Waals surface area contributed by atoms with Crippen LogP contribution in [0.5, 0.6) is 0 Å². The highest BCUT2D eigenvalue weighted by Gasteiger charge is 2.27. The summed E-state index contributed by atoms with van der Waals surface area (Å²) in [6.07, 6.45) is 2.03.